The molecule has 0 radical (unpaired) electrons. The van der Waals surface area contributed by atoms with Gasteiger partial charge in [-0.25, -0.2) is 4.79 Å². The molecule has 4 aromatic rings. The molecular formula is C35H38BrCl2N3O4. The number of hydrogen-bond donors (Lipinski definition) is 2. The third-order valence-electron chi connectivity index (χ3n) is 6.52. The molecule has 0 saturated heterocycles. The summed E-state index contributed by atoms with van der Waals surface area (Å²) in [5.41, 5.74) is 11.1. The summed E-state index contributed by atoms with van der Waals surface area (Å²) in [4.78, 5) is 25.3. The van der Waals surface area contributed by atoms with Crippen LogP contribution in [0.25, 0.3) is 0 Å². The van der Waals surface area contributed by atoms with E-state index in [4.69, 9.17) is 38.4 Å². The Labute approximate surface area is 283 Å². The number of nitrogen functional groups attached to an aromatic ring is 1. The Kier molecular flexibility index (Phi) is 15.2. The van der Waals surface area contributed by atoms with Gasteiger partial charge < -0.3 is 20.5 Å². The molecule has 0 amide bonds. The normalized spacial score (nSPS) is 10.5. The molecule has 0 unspecified atom stereocenters. The molecule has 0 aliphatic heterocycles. The standard InChI is InChI=1S/C23H29BrN2O4.C12H9Cl2N/c1-17(27)29-11-7-4-8-12-30-23(28)19-13-20(22(25)21(24)14-19)16-26(2)15-18-9-5-3-6-10-18;13-10-7-4-8-11(14)12(10)15-9-5-2-1-3-6-9/h3,5-6,9-10,13-14H,4,7-8,11-12,15-16,25H2,1-2H3;1-8,15H. The number of unbranched alkanes of at least 4 members (excludes halogenated alkanes) is 2. The Hall–Kier alpha value is -3.56. The van der Waals surface area contributed by atoms with Crippen molar-refractivity contribution in [3.8, 4) is 0 Å². The van der Waals surface area contributed by atoms with Crippen LogP contribution in [0, 0.1) is 0 Å². The van der Waals surface area contributed by atoms with Crippen LogP contribution in [0.5, 0.6) is 0 Å². The lowest BCUT2D eigenvalue weighted by atomic mass is 10.1. The van der Waals surface area contributed by atoms with E-state index in [-0.39, 0.29) is 11.9 Å². The van der Waals surface area contributed by atoms with Crippen molar-refractivity contribution in [2.75, 3.05) is 31.3 Å². The number of nitrogens with two attached hydrogens (primary N) is 1. The first-order chi connectivity index (χ1) is 21.6. The number of nitrogens with one attached hydrogen (secondary N) is 1. The van der Waals surface area contributed by atoms with E-state index in [2.05, 4.69) is 38.3 Å². The third kappa shape index (κ3) is 12.8. The predicted octanol–water partition coefficient (Wildman–Crippen LogP) is 9.29. The summed E-state index contributed by atoms with van der Waals surface area (Å²) >= 11 is 15.5. The van der Waals surface area contributed by atoms with E-state index in [0.717, 1.165) is 42.7 Å². The van der Waals surface area contributed by atoms with Gasteiger partial charge in [-0.05, 0) is 89.8 Å². The number of nitrogens with zero attached hydrogens (tertiary/aromatic N) is 1. The lowest BCUT2D eigenvalue weighted by Crippen LogP contribution is -2.19. The van der Waals surface area contributed by atoms with Crippen molar-refractivity contribution in [2.45, 2.75) is 39.3 Å². The summed E-state index contributed by atoms with van der Waals surface area (Å²) < 4.78 is 10.9. The van der Waals surface area contributed by atoms with E-state index >= 15 is 0 Å². The zero-order valence-corrected chi connectivity index (χ0v) is 28.5. The minimum atomic E-state index is -0.373. The number of carbonyl (C=O) groups is 2. The second kappa shape index (κ2) is 19.1. The molecule has 0 spiro atoms. The molecule has 0 aliphatic rings. The Balaban J connectivity index is 0.000000305. The number of anilines is 3. The molecule has 4 aromatic carbocycles. The molecule has 0 bridgehead atoms. The van der Waals surface area contributed by atoms with Crippen LogP contribution in [-0.4, -0.2) is 37.1 Å². The molecule has 0 heterocycles. The summed E-state index contributed by atoms with van der Waals surface area (Å²) in [6.45, 7) is 3.49. The van der Waals surface area contributed by atoms with Crippen molar-refractivity contribution in [2.24, 2.45) is 0 Å². The van der Waals surface area contributed by atoms with Gasteiger partial charge in [0.1, 0.15) is 0 Å². The Bertz CT molecular complexity index is 1500. The van der Waals surface area contributed by atoms with E-state index in [1.165, 1.54) is 12.5 Å². The van der Waals surface area contributed by atoms with Crippen molar-refractivity contribution in [3.63, 3.8) is 0 Å². The van der Waals surface area contributed by atoms with Crippen LogP contribution < -0.4 is 11.1 Å². The van der Waals surface area contributed by atoms with Crippen LogP contribution in [0.15, 0.2) is 95.5 Å². The van der Waals surface area contributed by atoms with Crippen molar-refractivity contribution < 1.29 is 19.1 Å². The molecule has 4 rings (SSSR count). The highest BCUT2D eigenvalue weighted by Gasteiger charge is 2.15. The monoisotopic (exact) mass is 713 g/mol. The number of hydrogen-bond acceptors (Lipinski definition) is 7. The van der Waals surface area contributed by atoms with Gasteiger partial charge in [-0.3, -0.25) is 9.69 Å². The summed E-state index contributed by atoms with van der Waals surface area (Å²) in [5, 5.41) is 4.41. The molecule has 10 heteroatoms. The van der Waals surface area contributed by atoms with E-state index in [9.17, 15) is 9.59 Å². The molecule has 0 saturated carbocycles. The first kappa shape index (κ1) is 35.9. The first-order valence-electron chi connectivity index (χ1n) is 14.5. The largest absolute Gasteiger partial charge is 0.466 e. The number of ether oxygens (including phenoxy) is 2. The van der Waals surface area contributed by atoms with E-state index in [1.54, 1.807) is 24.3 Å². The molecule has 0 aliphatic carbocycles. The van der Waals surface area contributed by atoms with Crippen molar-refractivity contribution in [1.29, 1.82) is 0 Å². The fourth-order valence-corrected chi connectivity index (χ4v) is 5.29. The maximum absolute atomic E-state index is 12.4. The Morgan fingerprint density at radius 3 is 2.04 bits per heavy atom. The van der Waals surface area contributed by atoms with Crippen molar-refractivity contribution in [1.82, 2.24) is 4.90 Å². The van der Waals surface area contributed by atoms with Crippen molar-refractivity contribution >= 4 is 68.1 Å². The quantitative estimate of drug-likeness (QED) is 0.0810. The van der Waals surface area contributed by atoms with E-state index < -0.39 is 0 Å². The Morgan fingerprint density at radius 1 is 0.822 bits per heavy atom. The maximum atomic E-state index is 12.4. The van der Waals surface area contributed by atoms with Crippen LogP contribution in [0.3, 0.4) is 0 Å². The first-order valence-corrected chi connectivity index (χ1v) is 16.1. The highest BCUT2D eigenvalue weighted by molar-refractivity contribution is 9.10. The van der Waals surface area contributed by atoms with Gasteiger partial charge in [-0.1, -0.05) is 77.8 Å². The zero-order valence-electron chi connectivity index (χ0n) is 25.4. The summed E-state index contributed by atoms with van der Waals surface area (Å²) in [6, 6.07) is 28.9. The summed E-state index contributed by atoms with van der Waals surface area (Å²) in [7, 11) is 2.02. The summed E-state index contributed by atoms with van der Waals surface area (Å²) in [6.07, 6.45) is 2.29. The van der Waals surface area contributed by atoms with Gasteiger partial charge in [-0.15, -0.1) is 0 Å². The van der Waals surface area contributed by atoms with E-state index in [0.29, 0.717) is 45.5 Å². The van der Waals surface area contributed by atoms with Crippen LogP contribution in [0.4, 0.5) is 17.1 Å². The second-order valence-corrected chi connectivity index (χ2v) is 12.0. The van der Waals surface area contributed by atoms with Gasteiger partial charge >= 0.3 is 11.9 Å². The highest BCUT2D eigenvalue weighted by Crippen LogP contribution is 2.32. The third-order valence-corrected chi connectivity index (χ3v) is 7.81. The topological polar surface area (TPSA) is 93.9 Å². The van der Waals surface area contributed by atoms with Gasteiger partial charge in [0.15, 0.2) is 0 Å². The van der Waals surface area contributed by atoms with Gasteiger partial charge in [0.05, 0.1) is 40.2 Å². The SMILES string of the molecule is CC(=O)OCCCCCOC(=O)c1cc(Br)c(N)c(CN(C)Cc2ccccc2)c1.Clc1cccc(Cl)c1Nc1ccccc1. The average molecular weight is 716 g/mol. The van der Waals surface area contributed by atoms with Crippen LogP contribution in [0.2, 0.25) is 10.0 Å². The van der Waals surface area contributed by atoms with Gasteiger partial charge in [0.25, 0.3) is 0 Å². The molecule has 0 aromatic heterocycles. The predicted molar refractivity (Wildman–Crippen MR) is 187 cm³/mol. The molecule has 3 N–H and O–H groups in total. The highest BCUT2D eigenvalue weighted by atomic mass is 79.9. The molecule has 7 nitrogen and oxygen atoms in total. The number of para-hydroxylation sites is 2. The molecule has 45 heavy (non-hydrogen) atoms. The van der Waals surface area contributed by atoms with Crippen molar-refractivity contribution in [3.05, 3.63) is 122 Å². The number of rotatable bonds is 13. The Morgan fingerprint density at radius 2 is 1.42 bits per heavy atom. The average Bonchev–Trinajstić information content (AvgIpc) is 3.02. The van der Waals surface area contributed by atoms with Crippen LogP contribution >= 0.6 is 39.1 Å². The fraction of sp³-hybridized carbons (Fsp3) is 0.257. The number of carbonyl (C=O) groups excluding carboxylic acids is 2. The number of benzene rings is 4. The maximum Gasteiger partial charge on any atom is 0.338 e. The van der Waals surface area contributed by atoms with Crippen LogP contribution in [0.1, 0.15) is 47.7 Å². The minimum Gasteiger partial charge on any atom is -0.466 e. The second-order valence-electron chi connectivity index (χ2n) is 10.3. The number of halogens is 3. The molecule has 0 fully saturated rings. The molecule has 0 atom stereocenters. The van der Waals surface area contributed by atoms with Gasteiger partial charge in [0.2, 0.25) is 0 Å². The van der Waals surface area contributed by atoms with E-state index in [1.807, 2.05) is 61.6 Å². The lowest BCUT2D eigenvalue weighted by molar-refractivity contribution is -0.141. The zero-order chi connectivity index (χ0) is 32.6. The molecular weight excluding hydrogens is 677 g/mol. The summed E-state index contributed by atoms with van der Waals surface area (Å²) in [5.74, 6) is -0.650. The smallest absolute Gasteiger partial charge is 0.338 e. The lowest BCUT2D eigenvalue weighted by Gasteiger charge is -2.19. The number of esters is 2. The van der Waals surface area contributed by atoms with Crippen LogP contribution in [-0.2, 0) is 27.4 Å². The molecule has 238 valence electrons. The fourth-order valence-electron chi connectivity index (χ4n) is 4.29. The minimum absolute atomic E-state index is 0.277. The van der Waals surface area contributed by atoms with Gasteiger partial charge in [-0.2, -0.15) is 0 Å². The van der Waals surface area contributed by atoms with Gasteiger partial charge in [0, 0.05) is 30.2 Å².